The first-order valence-electron chi connectivity index (χ1n) is 7.48. The van der Waals surface area contributed by atoms with Gasteiger partial charge in [-0.15, -0.1) is 0 Å². The maximum Gasteiger partial charge on any atom is 0.387 e. The Kier molecular flexibility index (Phi) is 6.68. The highest BCUT2D eigenvalue weighted by atomic mass is 19.3. The van der Waals surface area contributed by atoms with E-state index in [1.165, 1.54) is 37.5 Å². The Labute approximate surface area is 149 Å². The first-order valence-corrected chi connectivity index (χ1v) is 7.48. The zero-order valence-corrected chi connectivity index (χ0v) is 13.8. The van der Waals surface area contributed by atoms with E-state index in [9.17, 15) is 13.6 Å². The Hall–Kier alpha value is -3.40. The highest BCUT2D eigenvalue weighted by Gasteiger charge is 2.10. The summed E-state index contributed by atoms with van der Waals surface area (Å²) in [7, 11) is 1.34. The molecule has 0 fully saturated rings. The van der Waals surface area contributed by atoms with Gasteiger partial charge < -0.3 is 14.2 Å². The van der Waals surface area contributed by atoms with E-state index < -0.39 is 6.61 Å². The topological polar surface area (TPSA) is 68.5 Å². The molecule has 0 aromatic heterocycles. The Morgan fingerprint density at radius 3 is 2.54 bits per heavy atom. The number of carbonyl (C=O) groups excluding carboxylic acids is 1. The molecule has 7 heteroatoms. The molecule has 0 saturated carbocycles. The van der Waals surface area contributed by atoms with E-state index in [4.69, 9.17) is 14.7 Å². The zero-order chi connectivity index (χ0) is 18.9. The minimum Gasteiger partial charge on any atom is -0.493 e. The number of ether oxygens (including phenoxy) is 3. The monoisotopic (exact) mass is 359 g/mol. The largest absolute Gasteiger partial charge is 0.493 e. The van der Waals surface area contributed by atoms with Crippen LogP contribution in [0.25, 0.3) is 6.08 Å². The molecule has 0 aliphatic heterocycles. The molecule has 0 saturated heterocycles. The van der Waals surface area contributed by atoms with Gasteiger partial charge in [-0.05, 0) is 48.0 Å². The SMILES string of the molecule is COc1cc(C=CC(=O)c2ccc(OCC#N)cc2)ccc1OC(F)F. The molecule has 2 aromatic carbocycles. The Bertz CT molecular complexity index is 826. The number of alkyl halides is 2. The molecular weight excluding hydrogens is 344 g/mol. The van der Waals surface area contributed by atoms with E-state index >= 15 is 0 Å². The molecule has 0 radical (unpaired) electrons. The van der Waals surface area contributed by atoms with Crippen LogP contribution in [0, 0.1) is 11.3 Å². The number of allylic oxidation sites excluding steroid dienone is 1. The summed E-state index contributed by atoms with van der Waals surface area (Å²) in [6, 6.07) is 12.6. The van der Waals surface area contributed by atoms with Gasteiger partial charge in [0.25, 0.3) is 0 Å². The highest BCUT2D eigenvalue weighted by Crippen LogP contribution is 2.29. The fourth-order valence-corrected chi connectivity index (χ4v) is 2.08. The molecule has 5 nitrogen and oxygen atoms in total. The molecule has 0 aliphatic rings. The normalized spacial score (nSPS) is 10.6. The number of carbonyl (C=O) groups is 1. The molecule has 0 unspecified atom stereocenters. The summed E-state index contributed by atoms with van der Waals surface area (Å²) in [5, 5.41) is 8.45. The van der Waals surface area contributed by atoms with Gasteiger partial charge in [0.05, 0.1) is 7.11 Å². The average molecular weight is 359 g/mol. The van der Waals surface area contributed by atoms with Gasteiger partial charge in [-0.25, -0.2) is 0 Å². The minimum atomic E-state index is -2.95. The Morgan fingerprint density at radius 2 is 1.92 bits per heavy atom. The lowest BCUT2D eigenvalue weighted by molar-refractivity contribution is -0.0512. The molecule has 2 aromatic rings. The van der Waals surface area contributed by atoms with Crippen LogP contribution in [0.15, 0.2) is 48.5 Å². The van der Waals surface area contributed by atoms with E-state index in [0.29, 0.717) is 16.9 Å². The number of halogens is 2. The minimum absolute atomic E-state index is 0.0691. The lowest BCUT2D eigenvalue weighted by Gasteiger charge is -2.10. The summed E-state index contributed by atoms with van der Waals surface area (Å²) < 4.78 is 39.1. The molecule has 2 rings (SSSR count). The van der Waals surface area contributed by atoms with Gasteiger partial charge >= 0.3 is 6.61 Å². The molecule has 0 heterocycles. The number of nitriles is 1. The molecule has 0 aliphatic carbocycles. The molecule has 0 N–H and O–H groups in total. The third-order valence-electron chi connectivity index (χ3n) is 3.27. The van der Waals surface area contributed by atoms with E-state index in [-0.39, 0.29) is 23.9 Å². The van der Waals surface area contributed by atoms with Gasteiger partial charge in [-0.1, -0.05) is 12.1 Å². The van der Waals surface area contributed by atoms with Gasteiger partial charge in [0.2, 0.25) is 0 Å². The van der Waals surface area contributed by atoms with Crippen molar-refractivity contribution in [3.05, 3.63) is 59.7 Å². The lowest BCUT2D eigenvalue weighted by atomic mass is 10.1. The van der Waals surface area contributed by atoms with E-state index in [2.05, 4.69) is 4.74 Å². The number of benzene rings is 2. The summed E-state index contributed by atoms with van der Waals surface area (Å²) in [4.78, 5) is 12.2. The van der Waals surface area contributed by atoms with Crippen LogP contribution >= 0.6 is 0 Å². The standard InChI is InChI=1S/C19H15F2NO4/c1-24-18-12-13(3-9-17(18)26-19(20)21)2-8-16(23)14-4-6-15(7-5-14)25-11-10-22/h2-9,12,19H,11H2,1H3. The Balaban J connectivity index is 2.08. The first kappa shape index (κ1) is 18.9. The van der Waals surface area contributed by atoms with E-state index in [1.54, 1.807) is 24.3 Å². The zero-order valence-electron chi connectivity index (χ0n) is 13.8. The second-order valence-electron chi connectivity index (χ2n) is 4.96. The summed E-state index contributed by atoms with van der Waals surface area (Å²) in [6.45, 7) is -3.02. The summed E-state index contributed by atoms with van der Waals surface area (Å²) >= 11 is 0. The van der Waals surface area contributed by atoms with Crippen molar-refractivity contribution in [1.82, 2.24) is 0 Å². The summed E-state index contributed by atoms with van der Waals surface area (Å²) in [5.74, 6) is 0.299. The quantitative estimate of drug-likeness (QED) is 0.524. The van der Waals surface area contributed by atoms with Crippen molar-refractivity contribution in [1.29, 1.82) is 5.26 Å². The van der Waals surface area contributed by atoms with Crippen LogP contribution in [0.1, 0.15) is 15.9 Å². The van der Waals surface area contributed by atoms with E-state index in [1.807, 2.05) is 6.07 Å². The lowest BCUT2D eigenvalue weighted by Crippen LogP contribution is -2.03. The average Bonchev–Trinajstić information content (AvgIpc) is 2.65. The Morgan fingerprint density at radius 1 is 1.19 bits per heavy atom. The van der Waals surface area contributed by atoms with Gasteiger partial charge in [0.1, 0.15) is 11.8 Å². The van der Waals surface area contributed by atoms with Crippen molar-refractivity contribution in [2.75, 3.05) is 13.7 Å². The third kappa shape index (κ3) is 5.31. The van der Waals surface area contributed by atoms with Crippen molar-refractivity contribution in [2.45, 2.75) is 6.61 Å². The molecule has 0 spiro atoms. The van der Waals surface area contributed by atoms with Crippen molar-refractivity contribution in [3.8, 4) is 23.3 Å². The molecule has 134 valence electrons. The number of ketones is 1. The third-order valence-corrected chi connectivity index (χ3v) is 3.27. The number of methoxy groups -OCH3 is 1. The molecule has 0 amide bonds. The maximum absolute atomic E-state index is 12.3. The molecule has 0 atom stereocenters. The van der Waals surface area contributed by atoms with Crippen molar-refractivity contribution < 1.29 is 27.8 Å². The van der Waals surface area contributed by atoms with Crippen LogP contribution in [-0.4, -0.2) is 26.1 Å². The molecular formula is C19H15F2NO4. The number of rotatable bonds is 8. The smallest absolute Gasteiger partial charge is 0.387 e. The van der Waals surface area contributed by atoms with Crippen molar-refractivity contribution in [2.24, 2.45) is 0 Å². The van der Waals surface area contributed by atoms with Crippen LogP contribution in [0.4, 0.5) is 8.78 Å². The number of nitrogens with zero attached hydrogens (tertiary/aromatic N) is 1. The van der Waals surface area contributed by atoms with Crippen LogP contribution in [0.2, 0.25) is 0 Å². The van der Waals surface area contributed by atoms with Gasteiger partial charge in [0, 0.05) is 5.56 Å². The van der Waals surface area contributed by atoms with Crippen LogP contribution in [0.5, 0.6) is 17.2 Å². The number of hydrogen-bond donors (Lipinski definition) is 0. The van der Waals surface area contributed by atoms with Crippen molar-refractivity contribution >= 4 is 11.9 Å². The second kappa shape index (κ2) is 9.18. The fourth-order valence-electron chi connectivity index (χ4n) is 2.08. The predicted octanol–water partition coefficient (Wildman–Crippen LogP) is 4.10. The maximum atomic E-state index is 12.3. The molecule has 26 heavy (non-hydrogen) atoms. The van der Waals surface area contributed by atoms with Gasteiger partial charge in [0.15, 0.2) is 23.9 Å². The van der Waals surface area contributed by atoms with Crippen LogP contribution in [-0.2, 0) is 0 Å². The fraction of sp³-hybridized carbons (Fsp3) is 0.158. The predicted molar refractivity (Wildman–Crippen MR) is 90.5 cm³/mol. The van der Waals surface area contributed by atoms with Crippen LogP contribution < -0.4 is 14.2 Å². The van der Waals surface area contributed by atoms with Gasteiger partial charge in [-0.2, -0.15) is 14.0 Å². The first-order chi connectivity index (χ1) is 12.5. The summed E-state index contributed by atoms with van der Waals surface area (Å²) in [5.41, 5.74) is 1.03. The number of hydrogen-bond acceptors (Lipinski definition) is 5. The highest BCUT2D eigenvalue weighted by molar-refractivity contribution is 6.06. The van der Waals surface area contributed by atoms with Gasteiger partial charge in [-0.3, -0.25) is 4.79 Å². The van der Waals surface area contributed by atoms with Crippen molar-refractivity contribution in [3.63, 3.8) is 0 Å². The van der Waals surface area contributed by atoms with Crippen LogP contribution in [0.3, 0.4) is 0 Å². The second-order valence-corrected chi connectivity index (χ2v) is 4.96. The molecule has 0 bridgehead atoms. The summed E-state index contributed by atoms with van der Waals surface area (Å²) in [6.07, 6.45) is 2.89. The van der Waals surface area contributed by atoms with E-state index in [0.717, 1.165) is 0 Å².